The van der Waals surface area contributed by atoms with Crippen LogP contribution in [0.3, 0.4) is 0 Å². The van der Waals surface area contributed by atoms with Crippen molar-refractivity contribution in [2.45, 2.75) is 39.2 Å². The number of phenols is 1. The van der Waals surface area contributed by atoms with Crippen molar-refractivity contribution in [2.75, 3.05) is 37.7 Å². The summed E-state index contributed by atoms with van der Waals surface area (Å²) in [5.74, 6) is -2.36. The molecule has 14 heteroatoms. The second kappa shape index (κ2) is 12.4. The summed E-state index contributed by atoms with van der Waals surface area (Å²) in [5.41, 5.74) is -1.29. The van der Waals surface area contributed by atoms with Gasteiger partial charge in [-0.05, 0) is 31.0 Å². The van der Waals surface area contributed by atoms with Gasteiger partial charge < -0.3 is 29.9 Å². The van der Waals surface area contributed by atoms with E-state index in [4.69, 9.17) is 4.74 Å². The normalized spacial score (nSPS) is 15.3. The molecule has 1 atom stereocenters. The minimum Gasteiger partial charge on any atom is -0.507 e. The van der Waals surface area contributed by atoms with E-state index in [1.54, 1.807) is 17.9 Å². The highest BCUT2D eigenvalue weighted by atomic mass is 19.1. The van der Waals surface area contributed by atoms with Crippen molar-refractivity contribution in [3.05, 3.63) is 64.3 Å². The smallest absolute Gasteiger partial charge is 0.407 e. The van der Waals surface area contributed by atoms with Crippen LogP contribution in [-0.4, -0.2) is 84.7 Å². The Labute approximate surface area is 250 Å². The number of phenolic OH excluding ortho intramolecular Hbond substituents is 1. The van der Waals surface area contributed by atoms with Crippen molar-refractivity contribution < 1.29 is 33.6 Å². The lowest BCUT2D eigenvalue weighted by Crippen LogP contribution is -2.54. The number of pyridine rings is 2. The van der Waals surface area contributed by atoms with Crippen LogP contribution in [0.15, 0.2) is 41.3 Å². The summed E-state index contributed by atoms with van der Waals surface area (Å²) >= 11 is 0. The van der Waals surface area contributed by atoms with Gasteiger partial charge in [0.25, 0.3) is 0 Å². The largest absolute Gasteiger partial charge is 0.507 e. The van der Waals surface area contributed by atoms with Crippen molar-refractivity contribution in [1.29, 1.82) is 0 Å². The van der Waals surface area contributed by atoms with Gasteiger partial charge in [0.05, 0.1) is 23.3 Å². The van der Waals surface area contributed by atoms with Crippen LogP contribution in [0.4, 0.5) is 19.4 Å². The highest BCUT2D eigenvalue weighted by molar-refractivity contribution is 5.91. The maximum atomic E-state index is 15.9. The number of rotatable bonds is 8. The number of carbonyl (C=O) groups is 1. The number of aromatic nitrogens is 4. The van der Waals surface area contributed by atoms with Crippen molar-refractivity contribution in [3.63, 3.8) is 0 Å². The van der Waals surface area contributed by atoms with Crippen LogP contribution < -0.4 is 15.3 Å². The zero-order valence-electron chi connectivity index (χ0n) is 24.4. The molecule has 1 fully saturated rings. The number of hydrogen-bond donors (Lipinski definition) is 3. The zero-order valence-corrected chi connectivity index (χ0v) is 24.4. The molecule has 3 N–H and O–H groups in total. The Morgan fingerprint density at radius 1 is 1.16 bits per heavy atom. The number of anilines is 1. The van der Waals surface area contributed by atoms with Crippen LogP contribution in [0.2, 0.25) is 0 Å². The summed E-state index contributed by atoms with van der Waals surface area (Å²) in [4.78, 5) is 41.9. The minimum absolute atomic E-state index is 0.0761. The summed E-state index contributed by atoms with van der Waals surface area (Å²) in [6, 6.07) is 5.71. The molecule has 44 heavy (non-hydrogen) atoms. The zero-order chi connectivity index (χ0) is 31.7. The predicted octanol–water partition coefficient (Wildman–Crippen LogP) is 3.90. The number of aliphatic hydroxyl groups excluding tert-OH is 1. The Morgan fingerprint density at radius 3 is 2.59 bits per heavy atom. The number of aromatic hydroxyl groups is 1. The molecule has 0 spiro atoms. The van der Waals surface area contributed by atoms with E-state index in [0.29, 0.717) is 12.1 Å². The summed E-state index contributed by atoms with van der Waals surface area (Å²) in [5, 5.41) is 29.4. The molecule has 4 heterocycles. The van der Waals surface area contributed by atoms with Crippen LogP contribution in [0.25, 0.3) is 28.0 Å². The molecule has 1 aromatic carbocycles. The van der Waals surface area contributed by atoms with Gasteiger partial charge in [-0.1, -0.05) is 19.9 Å². The van der Waals surface area contributed by atoms with Crippen molar-refractivity contribution >= 4 is 22.9 Å². The van der Waals surface area contributed by atoms with Gasteiger partial charge >= 0.3 is 11.8 Å². The van der Waals surface area contributed by atoms with Crippen molar-refractivity contribution in [1.82, 2.24) is 24.4 Å². The molecule has 1 amide bonds. The second-order valence-corrected chi connectivity index (χ2v) is 10.8. The second-order valence-electron chi connectivity index (χ2n) is 10.8. The molecule has 1 saturated heterocycles. The Morgan fingerprint density at radius 2 is 1.93 bits per heavy atom. The van der Waals surface area contributed by atoms with Gasteiger partial charge in [-0.2, -0.15) is 4.98 Å². The van der Waals surface area contributed by atoms with Crippen LogP contribution in [0.5, 0.6) is 11.5 Å². The van der Waals surface area contributed by atoms with Gasteiger partial charge in [0.15, 0.2) is 11.5 Å². The molecule has 0 unspecified atom stereocenters. The topological polar surface area (TPSA) is 154 Å². The number of carboxylic acid groups (broad SMARTS) is 1. The van der Waals surface area contributed by atoms with E-state index in [9.17, 15) is 29.3 Å². The lowest BCUT2D eigenvalue weighted by atomic mass is 10.1. The molecular weight excluding hydrogens is 578 g/mol. The summed E-state index contributed by atoms with van der Waals surface area (Å²) in [6.45, 7) is 5.86. The third-order valence-electron chi connectivity index (χ3n) is 7.45. The van der Waals surface area contributed by atoms with E-state index in [1.165, 1.54) is 23.2 Å². The number of aliphatic hydroxyl groups is 1. The van der Waals surface area contributed by atoms with Crippen molar-refractivity contribution in [2.24, 2.45) is 0 Å². The van der Waals surface area contributed by atoms with E-state index < -0.39 is 46.5 Å². The van der Waals surface area contributed by atoms with Gasteiger partial charge in [0.1, 0.15) is 34.5 Å². The van der Waals surface area contributed by atoms with Crippen LogP contribution >= 0.6 is 0 Å². The predicted molar refractivity (Wildman–Crippen MR) is 158 cm³/mol. The van der Waals surface area contributed by atoms with E-state index in [2.05, 4.69) is 15.0 Å². The van der Waals surface area contributed by atoms with E-state index in [-0.39, 0.29) is 67.1 Å². The standard InChI is InChI=1S/C30H32F2N6O6/c1-16(2)24-26(22(8-9-33-24)44-13-5-12-39)38-28-18(14-20(32)25(34-28)23-19(31)6-4-7-21(23)40)27(35-29(38)41)37-11-10-36(30(42)43)15-17(37)3/h4,6-9,14,16-17,39-40H,5,10-13,15H2,1-3H3,(H,42,43)/t17-/m0/s1. The Balaban J connectivity index is 1.85. The van der Waals surface area contributed by atoms with Crippen molar-refractivity contribution in [3.8, 4) is 28.4 Å². The minimum atomic E-state index is -1.08. The first-order valence-corrected chi connectivity index (χ1v) is 14.1. The maximum Gasteiger partial charge on any atom is 0.407 e. The maximum absolute atomic E-state index is 15.9. The van der Waals surface area contributed by atoms with E-state index in [0.717, 1.165) is 16.7 Å². The molecule has 4 aromatic rings. The van der Waals surface area contributed by atoms with Gasteiger partial charge in [0.2, 0.25) is 0 Å². The molecule has 0 aliphatic carbocycles. The fourth-order valence-corrected chi connectivity index (χ4v) is 5.36. The number of amides is 1. The number of fused-ring (bicyclic) bond motifs is 1. The van der Waals surface area contributed by atoms with Gasteiger partial charge in [-0.15, -0.1) is 0 Å². The summed E-state index contributed by atoms with van der Waals surface area (Å²) in [6.07, 6.45) is 0.742. The van der Waals surface area contributed by atoms with E-state index in [1.807, 2.05) is 13.8 Å². The highest BCUT2D eigenvalue weighted by Crippen LogP contribution is 2.38. The van der Waals surface area contributed by atoms with Crippen LogP contribution in [0, 0.1) is 11.6 Å². The fourth-order valence-electron chi connectivity index (χ4n) is 5.36. The summed E-state index contributed by atoms with van der Waals surface area (Å²) in [7, 11) is 0. The van der Waals surface area contributed by atoms with Gasteiger partial charge in [-0.25, -0.2) is 27.9 Å². The third-order valence-corrected chi connectivity index (χ3v) is 7.45. The molecule has 0 radical (unpaired) electrons. The molecule has 3 aromatic heterocycles. The first-order chi connectivity index (χ1) is 21.0. The monoisotopic (exact) mass is 610 g/mol. The van der Waals surface area contributed by atoms with Crippen LogP contribution in [-0.2, 0) is 0 Å². The number of piperazine rings is 1. The number of ether oxygens (including phenoxy) is 1. The molecule has 232 valence electrons. The number of benzene rings is 1. The summed E-state index contributed by atoms with van der Waals surface area (Å²) < 4.78 is 37.9. The molecule has 1 aliphatic heterocycles. The van der Waals surface area contributed by atoms with Gasteiger partial charge in [0, 0.05) is 51.0 Å². The molecule has 0 bridgehead atoms. The molecule has 0 saturated carbocycles. The molecule has 12 nitrogen and oxygen atoms in total. The molecule has 1 aliphatic rings. The average Bonchev–Trinajstić information content (AvgIpc) is 2.97. The first kappa shape index (κ1) is 30.6. The number of halogens is 2. The Kier molecular flexibility index (Phi) is 8.63. The van der Waals surface area contributed by atoms with Gasteiger partial charge in [-0.3, -0.25) is 4.98 Å². The quantitative estimate of drug-likeness (QED) is 0.250. The van der Waals surface area contributed by atoms with E-state index >= 15 is 4.39 Å². The number of hydrogen-bond acceptors (Lipinski definition) is 9. The average molecular weight is 611 g/mol. The Hall–Kier alpha value is -4.85. The van der Waals surface area contributed by atoms with Crippen LogP contribution in [0.1, 0.15) is 38.8 Å². The Bertz CT molecular complexity index is 1760. The molecular formula is C30H32F2N6O6. The number of nitrogens with zero attached hydrogens (tertiary/aromatic N) is 6. The molecule has 5 rings (SSSR count). The fraction of sp³-hybridized carbons (Fsp3) is 0.367. The highest BCUT2D eigenvalue weighted by Gasteiger charge is 2.32. The SMILES string of the molecule is CC(C)c1nccc(OCCCO)c1-n1c(=O)nc(N2CCN(C(=O)O)C[C@@H]2C)c2cc(F)c(-c3c(O)cccc3F)nc21. The first-order valence-electron chi connectivity index (χ1n) is 14.1. The lowest BCUT2D eigenvalue weighted by Gasteiger charge is -2.39. The third kappa shape index (κ3) is 5.60. The lowest BCUT2D eigenvalue weighted by molar-refractivity contribution is 0.136.